The second kappa shape index (κ2) is 9.18. The van der Waals surface area contributed by atoms with Crippen LogP contribution in [0.2, 0.25) is 0 Å². The highest BCUT2D eigenvalue weighted by Gasteiger charge is 2.08. The number of hydrogen-bond donors (Lipinski definition) is 3. The summed E-state index contributed by atoms with van der Waals surface area (Å²) in [7, 11) is 0. The van der Waals surface area contributed by atoms with E-state index in [9.17, 15) is 9.59 Å². The van der Waals surface area contributed by atoms with Crippen molar-refractivity contribution in [1.82, 2.24) is 10.3 Å². The summed E-state index contributed by atoms with van der Waals surface area (Å²) in [6.07, 6.45) is 3.28. The number of pyridine rings is 1. The number of nitrogens with zero attached hydrogens (tertiary/aromatic N) is 1. The summed E-state index contributed by atoms with van der Waals surface area (Å²) in [6.45, 7) is 2.37. The molecule has 0 fully saturated rings. The fraction of sp³-hybridized carbons (Fsp3) is 0.0952. The van der Waals surface area contributed by atoms with Crippen LogP contribution in [0.5, 0.6) is 11.5 Å². The molecule has 0 radical (unpaired) electrons. The smallest absolute Gasteiger partial charge is 0.319 e. The molecule has 0 aliphatic carbocycles. The third-order valence-electron chi connectivity index (χ3n) is 3.70. The molecule has 0 saturated heterocycles. The standard InChI is InChI=1S/C21H20N4O3/c1-2-23-21(27)25-17-6-3-5-16(13-17)24-20(26)15-8-10-18(11-9-15)28-19-7-4-12-22-14-19/h3-14H,2H2,1H3,(H,24,26)(H2,23,25,27). The lowest BCUT2D eigenvalue weighted by Gasteiger charge is -2.10. The number of ether oxygens (including phenoxy) is 1. The number of urea groups is 1. The Bertz CT molecular complexity index is 943. The van der Waals surface area contributed by atoms with E-state index in [2.05, 4.69) is 20.9 Å². The van der Waals surface area contributed by atoms with Gasteiger partial charge in [-0.15, -0.1) is 0 Å². The average molecular weight is 376 g/mol. The van der Waals surface area contributed by atoms with Crippen LogP contribution in [0.25, 0.3) is 0 Å². The highest BCUT2D eigenvalue weighted by molar-refractivity contribution is 6.04. The summed E-state index contributed by atoms with van der Waals surface area (Å²) in [6, 6.07) is 17.0. The van der Waals surface area contributed by atoms with Gasteiger partial charge in [0.05, 0.1) is 6.20 Å². The minimum atomic E-state index is -0.296. The van der Waals surface area contributed by atoms with Crippen molar-refractivity contribution in [3.63, 3.8) is 0 Å². The highest BCUT2D eigenvalue weighted by Crippen LogP contribution is 2.21. The average Bonchev–Trinajstić information content (AvgIpc) is 2.70. The molecule has 0 atom stereocenters. The summed E-state index contributed by atoms with van der Waals surface area (Å²) in [5.74, 6) is 0.969. The fourth-order valence-electron chi connectivity index (χ4n) is 2.43. The Morgan fingerprint density at radius 2 is 1.68 bits per heavy atom. The van der Waals surface area contributed by atoms with Crippen molar-refractivity contribution in [2.75, 3.05) is 17.2 Å². The van der Waals surface area contributed by atoms with Gasteiger partial charge in [-0.1, -0.05) is 6.07 Å². The predicted molar refractivity (Wildman–Crippen MR) is 108 cm³/mol. The molecule has 1 aromatic heterocycles. The Morgan fingerprint density at radius 1 is 0.929 bits per heavy atom. The minimum absolute atomic E-state index is 0.261. The van der Waals surface area contributed by atoms with Crippen LogP contribution in [-0.2, 0) is 0 Å². The van der Waals surface area contributed by atoms with Gasteiger partial charge in [-0.25, -0.2) is 4.79 Å². The molecule has 3 rings (SSSR count). The maximum atomic E-state index is 12.5. The van der Waals surface area contributed by atoms with Crippen LogP contribution in [0.1, 0.15) is 17.3 Å². The number of benzene rings is 2. The number of carbonyl (C=O) groups excluding carboxylic acids is 2. The van der Waals surface area contributed by atoms with Crippen LogP contribution >= 0.6 is 0 Å². The molecule has 7 heteroatoms. The molecule has 3 amide bonds. The van der Waals surface area contributed by atoms with Crippen molar-refractivity contribution in [3.8, 4) is 11.5 Å². The molecular formula is C21H20N4O3. The molecular weight excluding hydrogens is 356 g/mol. The van der Waals surface area contributed by atoms with E-state index in [1.165, 1.54) is 0 Å². The molecule has 3 N–H and O–H groups in total. The minimum Gasteiger partial charge on any atom is -0.456 e. The summed E-state index contributed by atoms with van der Waals surface area (Å²) in [4.78, 5) is 28.1. The molecule has 28 heavy (non-hydrogen) atoms. The first-order valence-corrected chi connectivity index (χ1v) is 8.78. The summed E-state index contributed by atoms with van der Waals surface area (Å²) in [5, 5.41) is 8.16. The molecule has 0 bridgehead atoms. The molecule has 2 aromatic carbocycles. The third-order valence-corrected chi connectivity index (χ3v) is 3.70. The summed E-state index contributed by atoms with van der Waals surface area (Å²) >= 11 is 0. The van der Waals surface area contributed by atoms with E-state index in [0.29, 0.717) is 35.0 Å². The lowest BCUT2D eigenvalue weighted by Crippen LogP contribution is -2.28. The third kappa shape index (κ3) is 5.31. The van der Waals surface area contributed by atoms with Crippen molar-refractivity contribution in [2.45, 2.75) is 6.92 Å². The number of amides is 3. The maximum absolute atomic E-state index is 12.5. The number of anilines is 2. The first-order valence-electron chi connectivity index (χ1n) is 8.78. The number of nitrogens with one attached hydrogen (secondary N) is 3. The Morgan fingerprint density at radius 3 is 2.36 bits per heavy atom. The SMILES string of the molecule is CCNC(=O)Nc1cccc(NC(=O)c2ccc(Oc3cccnc3)cc2)c1. The van der Waals surface area contributed by atoms with Crippen molar-refractivity contribution < 1.29 is 14.3 Å². The van der Waals surface area contributed by atoms with Gasteiger partial charge in [-0.3, -0.25) is 9.78 Å². The number of carbonyl (C=O) groups is 2. The van der Waals surface area contributed by atoms with Gasteiger partial charge in [-0.05, 0) is 61.5 Å². The zero-order chi connectivity index (χ0) is 19.8. The van der Waals surface area contributed by atoms with Gasteiger partial charge in [-0.2, -0.15) is 0 Å². The van der Waals surface area contributed by atoms with Crippen LogP contribution in [-0.4, -0.2) is 23.5 Å². The normalized spacial score (nSPS) is 10.0. The first-order chi connectivity index (χ1) is 13.6. The van der Waals surface area contributed by atoms with Crippen LogP contribution < -0.4 is 20.7 Å². The van der Waals surface area contributed by atoms with Crippen LogP contribution in [0.15, 0.2) is 73.1 Å². The second-order valence-electron chi connectivity index (χ2n) is 5.83. The van der Waals surface area contributed by atoms with Gasteiger partial charge in [0.2, 0.25) is 0 Å². The Balaban J connectivity index is 1.62. The molecule has 142 valence electrons. The molecule has 0 spiro atoms. The Hall–Kier alpha value is -3.87. The highest BCUT2D eigenvalue weighted by atomic mass is 16.5. The van der Waals surface area contributed by atoms with Crippen molar-refractivity contribution in [3.05, 3.63) is 78.6 Å². The van der Waals surface area contributed by atoms with E-state index in [0.717, 1.165) is 0 Å². The molecule has 1 heterocycles. The summed E-state index contributed by atoms with van der Waals surface area (Å²) < 4.78 is 5.66. The van der Waals surface area contributed by atoms with Crippen LogP contribution in [0, 0.1) is 0 Å². The molecule has 0 saturated carbocycles. The second-order valence-corrected chi connectivity index (χ2v) is 5.83. The monoisotopic (exact) mass is 376 g/mol. The van der Waals surface area contributed by atoms with E-state index >= 15 is 0 Å². The molecule has 7 nitrogen and oxygen atoms in total. The first kappa shape index (κ1) is 18.9. The van der Waals surface area contributed by atoms with Gasteiger partial charge in [0, 0.05) is 29.7 Å². The van der Waals surface area contributed by atoms with E-state index in [1.807, 2.05) is 6.92 Å². The number of aromatic nitrogens is 1. The largest absolute Gasteiger partial charge is 0.456 e. The van der Waals surface area contributed by atoms with Gasteiger partial charge in [0.15, 0.2) is 0 Å². The Labute approximate surface area is 162 Å². The Kier molecular flexibility index (Phi) is 6.20. The molecule has 3 aromatic rings. The van der Waals surface area contributed by atoms with Crippen molar-refractivity contribution in [1.29, 1.82) is 0 Å². The predicted octanol–water partition coefficient (Wildman–Crippen LogP) is 4.27. The van der Waals surface area contributed by atoms with Crippen molar-refractivity contribution >= 4 is 23.3 Å². The van der Waals surface area contributed by atoms with E-state index < -0.39 is 0 Å². The number of rotatable bonds is 6. The van der Waals surface area contributed by atoms with Gasteiger partial charge >= 0.3 is 6.03 Å². The molecule has 0 aliphatic heterocycles. The lowest BCUT2D eigenvalue weighted by molar-refractivity contribution is 0.102. The molecule has 0 unspecified atom stereocenters. The molecule has 0 aliphatic rings. The van der Waals surface area contributed by atoms with Crippen LogP contribution in [0.3, 0.4) is 0 Å². The van der Waals surface area contributed by atoms with Crippen molar-refractivity contribution in [2.24, 2.45) is 0 Å². The van der Waals surface area contributed by atoms with Gasteiger partial charge in [0.1, 0.15) is 11.5 Å². The van der Waals surface area contributed by atoms with E-state index in [-0.39, 0.29) is 11.9 Å². The maximum Gasteiger partial charge on any atom is 0.319 e. The zero-order valence-electron chi connectivity index (χ0n) is 15.3. The van der Waals surface area contributed by atoms with Gasteiger partial charge in [0.25, 0.3) is 5.91 Å². The summed E-state index contributed by atoms with van der Waals surface area (Å²) in [5.41, 5.74) is 1.65. The van der Waals surface area contributed by atoms with E-state index in [1.54, 1.807) is 73.1 Å². The fourth-order valence-corrected chi connectivity index (χ4v) is 2.43. The van der Waals surface area contributed by atoms with E-state index in [4.69, 9.17) is 4.74 Å². The quantitative estimate of drug-likeness (QED) is 0.599. The van der Waals surface area contributed by atoms with Crippen LogP contribution in [0.4, 0.5) is 16.2 Å². The zero-order valence-corrected chi connectivity index (χ0v) is 15.3. The van der Waals surface area contributed by atoms with Gasteiger partial charge < -0.3 is 20.7 Å². The number of hydrogen-bond acceptors (Lipinski definition) is 4. The topological polar surface area (TPSA) is 92.4 Å². The lowest BCUT2D eigenvalue weighted by atomic mass is 10.2.